The molecule has 1 aliphatic carbocycles. The zero-order valence-corrected chi connectivity index (χ0v) is 17.6. The first kappa shape index (κ1) is 17.9. The van der Waals surface area contributed by atoms with Crippen molar-refractivity contribution < 1.29 is 0 Å². The second-order valence-corrected chi connectivity index (χ2v) is 8.75. The van der Waals surface area contributed by atoms with Crippen molar-refractivity contribution in [1.82, 2.24) is 0 Å². The van der Waals surface area contributed by atoms with Gasteiger partial charge >= 0.3 is 0 Å². The van der Waals surface area contributed by atoms with Crippen LogP contribution in [-0.4, -0.2) is 0 Å². The highest BCUT2D eigenvalue weighted by atomic mass is 14.4. The maximum Gasteiger partial charge on any atom is 0.0165 e. The molecule has 5 rings (SSSR count). The van der Waals surface area contributed by atoms with Gasteiger partial charge in [-0.1, -0.05) is 98.8 Å². The summed E-state index contributed by atoms with van der Waals surface area (Å²) >= 11 is 0. The van der Waals surface area contributed by atoms with Crippen LogP contribution in [0.2, 0.25) is 0 Å². The Labute approximate surface area is 173 Å². The Bertz CT molecular complexity index is 1210. The molecule has 0 aromatic heterocycles. The van der Waals surface area contributed by atoms with Gasteiger partial charge in [-0.25, -0.2) is 0 Å². The molecule has 4 aromatic carbocycles. The van der Waals surface area contributed by atoms with Crippen molar-refractivity contribution in [3.63, 3.8) is 0 Å². The fraction of sp³-hybridized carbons (Fsp3) is 0.172. The van der Waals surface area contributed by atoms with E-state index in [9.17, 15) is 0 Å². The van der Waals surface area contributed by atoms with Crippen LogP contribution in [0.4, 0.5) is 0 Å². The monoisotopic (exact) mass is 374 g/mol. The Kier molecular flexibility index (Phi) is 3.99. The number of fused-ring (bicyclic) bond motifs is 3. The maximum absolute atomic E-state index is 2.40. The van der Waals surface area contributed by atoms with E-state index < -0.39 is 0 Å². The first-order valence-corrected chi connectivity index (χ1v) is 10.4. The van der Waals surface area contributed by atoms with Gasteiger partial charge in [-0.15, -0.1) is 0 Å². The lowest BCUT2D eigenvalue weighted by atomic mass is 9.76. The molecule has 0 atom stereocenters. The summed E-state index contributed by atoms with van der Waals surface area (Å²) in [5, 5.41) is 0. The summed E-state index contributed by atoms with van der Waals surface area (Å²) in [6, 6.07) is 31.1. The minimum absolute atomic E-state index is 0.0426. The third kappa shape index (κ3) is 2.67. The molecule has 0 heterocycles. The maximum atomic E-state index is 2.40. The molecule has 0 heteroatoms. The van der Waals surface area contributed by atoms with Gasteiger partial charge in [0.1, 0.15) is 0 Å². The minimum Gasteiger partial charge on any atom is -0.0622 e. The standard InChI is InChI=1S/C29H26/c1-19-17-25-24-16-15-23(21-11-7-5-8-12-21)27(22-13-9-6-10-14-22)28(24)29(3,4)26(25)18-20(19)2/h5-18H,1-4H3. The second kappa shape index (κ2) is 6.46. The van der Waals surface area contributed by atoms with Gasteiger partial charge in [0.05, 0.1) is 0 Å². The lowest BCUT2D eigenvalue weighted by Crippen LogP contribution is -2.17. The summed E-state index contributed by atoms with van der Waals surface area (Å²) < 4.78 is 0. The normalized spacial score (nSPS) is 13.8. The van der Waals surface area contributed by atoms with Crippen molar-refractivity contribution in [1.29, 1.82) is 0 Å². The number of aryl methyl sites for hydroxylation is 2. The fourth-order valence-corrected chi connectivity index (χ4v) is 4.93. The molecule has 0 amide bonds. The highest BCUT2D eigenvalue weighted by Crippen LogP contribution is 2.54. The summed E-state index contributed by atoms with van der Waals surface area (Å²) in [6.07, 6.45) is 0. The number of hydrogen-bond acceptors (Lipinski definition) is 0. The van der Waals surface area contributed by atoms with Gasteiger partial charge in [-0.2, -0.15) is 0 Å². The number of hydrogen-bond donors (Lipinski definition) is 0. The van der Waals surface area contributed by atoms with Crippen LogP contribution in [0.5, 0.6) is 0 Å². The third-order valence-corrected chi connectivity index (χ3v) is 6.57. The molecule has 0 saturated heterocycles. The molecule has 0 saturated carbocycles. The van der Waals surface area contributed by atoms with Crippen molar-refractivity contribution >= 4 is 0 Å². The fourth-order valence-electron chi connectivity index (χ4n) is 4.93. The largest absolute Gasteiger partial charge is 0.0622 e. The molecule has 0 unspecified atom stereocenters. The summed E-state index contributed by atoms with van der Waals surface area (Å²) in [5.41, 5.74) is 13.6. The summed E-state index contributed by atoms with van der Waals surface area (Å²) in [4.78, 5) is 0. The summed E-state index contributed by atoms with van der Waals surface area (Å²) in [5.74, 6) is 0. The van der Waals surface area contributed by atoms with Crippen LogP contribution in [0, 0.1) is 13.8 Å². The van der Waals surface area contributed by atoms with E-state index in [1.165, 1.54) is 55.6 Å². The summed E-state index contributed by atoms with van der Waals surface area (Å²) in [7, 11) is 0. The third-order valence-electron chi connectivity index (χ3n) is 6.57. The Morgan fingerprint density at radius 3 is 1.76 bits per heavy atom. The second-order valence-electron chi connectivity index (χ2n) is 8.75. The van der Waals surface area contributed by atoms with Crippen LogP contribution in [0.3, 0.4) is 0 Å². The van der Waals surface area contributed by atoms with Gasteiger partial charge in [-0.05, 0) is 69.5 Å². The van der Waals surface area contributed by atoms with Gasteiger partial charge in [0.25, 0.3) is 0 Å². The van der Waals surface area contributed by atoms with E-state index in [0.29, 0.717) is 0 Å². The Balaban J connectivity index is 1.90. The van der Waals surface area contributed by atoms with E-state index in [-0.39, 0.29) is 5.41 Å². The zero-order valence-electron chi connectivity index (χ0n) is 17.6. The first-order valence-electron chi connectivity index (χ1n) is 10.4. The molecule has 0 spiro atoms. The molecule has 0 nitrogen and oxygen atoms in total. The van der Waals surface area contributed by atoms with E-state index in [4.69, 9.17) is 0 Å². The van der Waals surface area contributed by atoms with E-state index in [1.807, 2.05) is 0 Å². The molecule has 29 heavy (non-hydrogen) atoms. The number of benzene rings is 4. The van der Waals surface area contributed by atoms with Crippen LogP contribution in [0.25, 0.3) is 33.4 Å². The highest BCUT2D eigenvalue weighted by molar-refractivity contribution is 5.95. The van der Waals surface area contributed by atoms with Crippen molar-refractivity contribution in [3.8, 4) is 33.4 Å². The van der Waals surface area contributed by atoms with Gasteiger partial charge in [0.15, 0.2) is 0 Å². The van der Waals surface area contributed by atoms with Crippen LogP contribution in [-0.2, 0) is 5.41 Å². The molecule has 0 aliphatic heterocycles. The number of rotatable bonds is 2. The summed E-state index contributed by atoms with van der Waals surface area (Å²) in [6.45, 7) is 9.21. The molecule has 0 bridgehead atoms. The predicted octanol–water partition coefficient (Wildman–Crippen LogP) is 7.94. The molecule has 4 aromatic rings. The van der Waals surface area contributed by atoms with Crippen molar-refractivity contribution in [2.75, 3.05) is 0 Å². The van der Waals surface area contributed by atoms with Gasteiger partial charge < -0.3 is 0 Å². The lowest BCUT2D eigenvalue weighted by molar-refractivity contribution is 0.661. The average Bonchev–Trinajstić information content (AvgIpc) is 2.96. The average molecular weight is 375 g/mol. The Morgan fingerprint density at radius 1 is 0.552 bits per heavy atom. The van der Waals surface area contributed by atoms with Crippen LogP contribution >= 0.6 is 0 Å². The van der Waals surface area contributed by atoms with Crippen LogP contribution < -0.4 is 0 Å². The van der Waals surface area contributed by atoms with E-state index in [2.05, 4.69) is 113 Å². The quantitative estimate of drug-likeness (QED) is 0.334. The molecular weight excluding hydrogens is 348 g/mol. The zero-order chi connectivity index (χ0) is 20.2. The SMILES string of the molecule is Cc1cc2c(cc1C)C(C)(C)c1c-2ccc(-c2ccccc2)c1-c1ccccc1. The first-order chi connectivity index (χ1) is 14.0. The highest BCUT2D eigenvalue weighted by Gasteiger charge is 2.38. The minimum atomic E-state index is -0.0426. The molecule has 0 fully saturated rings. The smallest absolute Gasteiger partial charge is 0.0165 e. The van der Waals surface area contributed by atoms with Gasteiger partial charge in [0.2, 0.25) is 0 Å². The van der Waals surface area contributed by atoms with Crippen molar-refractivity contribution in [2.24, 2.45) is 0 Å². The van der Waals surface area contributed by atoms with Crippen LogP contribution in [0.15, 0.2) is 84.9 Å². The Morgan fingerprint density at radius 2 is 1.10 bits per heavy atom. The van der Waals surface area contributed by atoms with Crippen molar-refractivity contribution in [2.45, 2.75) is 33.1 Å². The van der Waals surface area contributed by atoms with E-state index in [0.717, 1.165) is 0 Å². The Hall–Kier alpha value is -3.12. The molecule has 0 radical (unpaired) electrons. The lowest BCUT2D eigenvalue weighted by Gasteiger charge is -2.27. The van der Waals surface area contributed by atoms with Gasteiger partial charge in [0, 0.05) is 5.41 Å². The van der Waals surface area contributed by atoms with Crippen LogP contribution in [0.1, 0.15) is 36.1 Å². The predicted molar refractivity (Wildman–Crippen MR) is 124 cm³/mol. The molecule has 0 N–H and O–H groups in total. The molecule has 142 valence electrons. The van der Waals surface area contributed by atoms with E-state index in [1.54, 1.807) is 0 Å². The van der Waals surface area contributed by atoms with Crippen molar-refractivity contribution in [3.05, 3.63) is 107 Å². The van der Waals surface area contributed by atoms with E-state index >= 15 is 0 Å². The topological polar surface area (TPSA) is 0 Å². The molecule has 1 aliphatic rings. The van der Waals surface area contributed by atoms with Gasteiger partial charge in [-0.3, -0.25) is 0 Å². The molecular formula is C29H26.